The molecule has 0 aliphatic heterocycles. The van der Waals surface area contributed by atoms with Gasteiger partial charge in [0.25, 0.3) is 0 Å². The molecular formula is C12H18N2O2. The molecule has 1 atom stereocenters. The number of aromatic nitrogens is 1. The van der Waals surface area contributed by atoms with Gasteiger partial charge in [-0.1, -0.05) is 6.07 Å². The third-order valence-corrected chi connectivity index (χ3v) is 2.51. The highest BCUT2D eigenvalue weighted by Gasteiger charge is 2.17. The zero-order chi connectivity index (χ0) is 12.0. The van der Waals surface area contributed by atoms with E-state index in [1.54, 1.807) is 0 Å². The number of nitrogens with zero attached hydrogens (tertiary/aromatic N) is 1. The monoisotopic (exact) mass is 222 g/mol. The van der Waals surface area contributed by atoms with Gasteiger partial charge in [-0.15, -0.1) is 0 Å². The van der Waals surface area contributed by atoms with Crippen molar-refractivity contribution < 1.29 is 9.90 Å². The maximum atomic E-state index is 11.0. The number of nitrogens with two attached hydrogens (primary N) is 1. The van der Waals surface area contributed by atoms with E-state index in [1.807, 2.05) is 25.1 Å². The van der Waals surface area contributed by atoms with Crippen molar-refractivity contribution in [3.8, 4) is 0 Å². The average Bonchev–Trinajstić information content (AvgIpc) is 2.24. The summed E-state index contributed by atoms with van der Waals surface area (Å²) in [5.41, 5.74) is 7.14. The normalized spacial score (nSPS) is 12.4. The molecule has 0 saturated carbocycles. The lowest BCUT2D eigenvalue weighted by Gasteiger charge is -2.11. The van der Waals surface area contributed by atoms with Crippen LogP contribution in [0.4, 0.5) is 0 Å². The molecule has 0 spiro atoms. The Labute approximate surface area is 95.5 Å². The molecule has 0 aliphatic carbocycles. The Bertz CT molecular complexity index is 353. The Morgan fingerprint density at radius 2 is 2.31 bits per heavy atom. The van der Waals surface area contributed by atoms with Crippen LogP contribution in [0.5, 0.6) is 0 Å². The minimum atomic E-state index is -0.767. The maximum absolute atomic E-state index is 11.0. The first-order valence-electron chi connectivity index (χ1n) is 5.49. The van der Waals surface area contributed by atoms with Crippen LogP contribution in [0.25, 0.3) is 0 Å². The second kappa shape index (κ2) is 6.23. The number of pyridine rings is 1. The Balaban J connectivity index is 2.64. The topological polar surface area (TPSA) is 76.2 Å². The van der Waals surface area contributed by atoms with Crippen LogP contribution >= 0.6 is 0 Å². The number of hydrogen-bond donors (Lipinski definition) is 2. The highest BCUT2D eigenvalue weighted by molar-refractivity contribution is 5.70. The summed E-state index contributed by atoms with van der Waals surface area (Å²) >= 11 is 0. The molecule has 4 nitrogen and oxygen atoms in total. The van der Waals surface area contributed by atoms with Crippen LogP contribution in [0.2, 0.25) is 0 Å². The quantitative estimate of drug-likeness (QED) is 0.762. The molecule has 1 aromatic rings. The zero-order valence-corrected chi connectivity index (χ0v) is 9.52. The molecule has 4 heteroatoms. The molecule has 1 rings (SSSR count). The third-order valence-electron chi connectivity index (χ3n) is 2.51. The van der Waals surface area contributed by atoms with Gasteiger partial charge in [0, 0.05) is 17.8 Å². The van der Waals surface area contributed by atoms with Crippen molar-refractivity contribution in [2.45, 2.75) is 26.2 Å². The summed E-state index contributed by atoms with van der Waals surface area (Å²) in [5.74, 6) is -1.14. The van der Waals surface area contributed by atoms with Gasteiger partial charge in [0.05, 0.1) is 5.92 Å². The van der Waals surface area contributed by atoms with E-state index < -0.39 is 5.97 Å². The molecule has 1 unspecified atom stereocenters. The van der Waals surface area contributed by atoms with E-state index >= 15 is 0 Å². The first-order chi connectivity index (χ1) is 7.63. The van der Waals surface area contributed by atoms with Gasteiger partial charge >= 0.3 is 5.97 Å². The van der Waals surface area contributed by atoms with E-state index in [0.29, 0.717) is 19.4 Å². The zero-order valence-electron chi connectivity index (χ0n) is 9.52. The smallest absolute Gasteiger partial charge is 0.306 e. The molecule has 1 heterocycles. The Morgan fingerprint density at radius 3 is 2.88 bits per heavy atom. The van der Waals surface area contributed by atoms with Gasteiger partial charge in [-0.2, -0.15) is 0 Å². The number of carbonyl (C=O) groups is 1. The van der Waals surface area contributed by atoms with Crippen molar-refractivity contribution >= 4 is 5.97 Å². The van der Waals surface area contributed by atoms with E-state index in [9.17, 15) is 4.79 Å². The molecule has 3 N–H and O–H groups in total. The summed E-state index contributed by atoms with van der Waals surface area (Å²) < 4.78 is 0. The molecule has 0 saturated heterocycles. The minimum absolute atomic E-state index is 0.377. The van der Waals surface area contributed by atoms with Gasteiger partial charge in [-0.3, -0.25) is 9.78 Å². The summed E-state index contributed by atoms with van der Waals surface area (Å²) in [4.78, 5) is 15.3. The number of carboxylic acids is 1. The van der Waals surface area contributed by atoms with Crippen LogP contribution in [-0.4, -0.2) is 22.6 Å². The van der Waals surface area contributed by atoms with E-state index in [2.05, 4.69) is 4.98 Å². The first kappa shape index (κ1) is 12.6. The second-order valence-corrected chi connectivity index (χ2v) is 3.94. The molecule has 0 radical (unpaired) electrons. The molecule has 16 heavy (non-hydrogen) atoms. The Kier molecular flexibility index (Phi) is 4.92. The SMILES string of the molecule is Cc1cccc(CC(CCCN)C(=O)O)n1. The molecule has 0 bridgehead atoms. The maximum Gasteiger partial charge on any atom is 0.306 e. The van der Waals surface area contributed by atoms with E-state index in [1.165, 1.54) is 0 Å². The first-order valence-corrected chi connectivity index (χ1v) is 5.49. The van der Waals surface area contributed by atoms with Gasteiger partial charge < -0.3 is 10.8 Å². The van der Waals surface area contributed by atoms with Crippen molar-refractivity contribution in [3.63, 3.8) is 0 Å². The average molecular weight is 222 g/mol. The predicted octanol–water partition coefficient (Wildman–Crippen LogP) is 1.37. The van der Waals surface area contributed by atoms with Gasteiger partial charge in [-0.05, 0) is 38.4 Å². The van der Waals surface area contributed by atoms with Crippen molar-refractivity contribution in [1.82, 2.24) is 4.98 Å². The molecule has 0 aromatic carbocycles. The Morgan fingerprint density at radius 1 is 1.56 bits per heavy atom. The van der Waals surface area contributed by atoms with Crippen LogP contribution in [0.3, 0.4) is 0 Å². The molecule has 0 amide bonds. The van der Waals surface area contributed by atoms with E-state index in [4.69, 9.17) is 10.8 Å². The fourth-order valence-electron chi connectivity index (χ4n) is 1.64. The summed E-state index contributed by atoms with van der Waals surface area (Å²) in [5, 5.41) is 9.06. The lowest BCUT2D eigenvalue weighted by molar-refractivity contribution is -0.142. The largest absolute Gasteiger partial charge is 0.481 e. The molecule has 88 valence electrons. The molecule has 1 aromatic heterocycles. The second-order valence-electron chi connectivity index (χ2n) is 3.94. The number of carboxylic acid groups (broad SMARTS) is 1. The van der Waals surface area contributed by atoms with Crippen LogP contribution in [-0.2, 0) is 11.2 Å². The lowest BCUT2D eigenvalue weighted by atomic mass is 9.97. The van der Waals surface area contributed by atoms with Crippen LogP contribution in [0.1, 0.15) is 24.2 Å². The van der Waals surface area contributed by atoms with Crippen LogP contribution in [0.15, 0.2) is 18.2 Å². The van der Waals surface area contributed by atoms with Gasteiger partial charge in [0.2, 0.25) is 0 Å². The summed E-state index contributed by atoms with van der Waals surface area (Å²) in [6, 6.07) is 5.67. The third kappa shape index (κ3) is 3.98. The van der Waals surface area contributed by atoms with Crippen LogP contribution in [0, 0.1) is 12.8 Å². The number of rotatable bonds is 6. The molecule has 0 fully saturated rings. The standard InChI is InChI=1S/C12H18N2O2/c1-9-4-2-6-11(14-9)8-10(12(15)16)5-3-7-13/h2,4,6,10H,3,5,7-8,13H2,1H3,(H,15,16). The summed E-state index contributed by atoms with van der Waals surface area (Å²) in [6.45, 7) is 2.43. The number of hydrogen-bond acceptors (Lipinski definition) is 3. The van der Waals surface area contributed by atoms with E-state index in [0.717, 1.165) is 17.8 Å². The van der Waals surface area contributed by atoms with Crippen molar-refractivity contribution in [2.24, 2.45) is 11.7 Å². The minimum Gasteiger partial charge on any atom is -0.481 e. The fourth-order valence-corrected chi connectivity index (χ4v) is 1.64. The van der Waals surface area contributed by atoms with Crippen LogP contribution < -0.4 is 5.73 Å². The number of aliphatic carboxylic acids is 1. The van der Waals surface area contributed by atoms with Gasteiger partial charge in [0.15, 0.2) is 0 Å². The Hall–Kier alpha value is -1.42. The van der Waals surface area contributed by atoms with Crippen molar-refractivity contribution in [2.75, 3.05) is 6.54 Å². The molecular weight excluding hydrogens is 204 g/mol. The van der Waals surface area contributed by atoms with Gasteiger partial charge in [0.1, 0.15) is 0 Å². The van der Waals surface area contributed by atoms with Crippen molar-refractivity contribution in [1.29, 1.82) is 0 Å². The number of aryl methyl sites for hydroxylation is 1. The van der Waals surface area contributed by atoms with Gasteiger partial charge in [-0.25, -0.2) is 0 Å². The van der Waals surface area contributed by atoms with E-state index in [-0.39, 0.29) is 5.92 Å². The summed E-state index contributed by atoms with van der Waals surface area (Å²) in [7, 11) is 0. The highest BCUT2D eigenvalue weighted by atomic mass is 16.4. The lowest BCUT2D eigenvalue weighted by Crippen LogP contribution is -2.18. The van der Waals surface area contributed by atoms with Crippen molar-refractivity contribution in [3.05, 3.63) is 29.6 Å². The molecule has 0 aliphatic rings. The summed E-state index contributed by atoms with van der Waals surface area (Å²) in [6.07, 6.45) is 1.83. The predicted molar refractivity (Wildman–Crippen MR) is 62.1 cm³/mol. The highest BCUT2D eigenvalue weighted by Crippen LogP contribution is 2.13. The fraction of sp³-hybridized carbons (Fsp3) is 0.500.